The van der Waals surface area contributed by atoms with Gasteiger partial charge >= 0.3 is 6.09 Å². The van der Waals surface area contributed by atoms with Crippen molar-refractivity contribution in [1.29, 1.82) is 0 Å². The number of aromatic nitrogens is 4. The Balaban J connectivity index is 1.51. The molecule has 3 heterocycles. The highest BCUT2D eigenvalue weighted by Gasteiger charge is 2.31. The monoisotopic (exact) mass is 493 g/mol. The molecule has 7 nitrogen and oxygen atoms in total. The highest BCUT2D eigenvalue weighted by atomic mass is 35.5. The first-order valence-corrected chi connectivity index (χ1v) is 11.8. The molecule has 180 valence electrons. The molecule has 35 heavy (non-hydrogen) atoms. The second-order valence-electron chi connectivity index (χ2n) is 9.67. The van der Waals surface area contributed by atoms with Crippen LogP contribution in [-0.2, 0) is 11.3 Å². The van der Waals surface area contributed by atoms with Crippen LogP contribution in [0.3, 0.4) is 0 Å². The molecule has 1 aromatic carbocycles. The standard InChI is InChI=1S/C26H25ClFN5O2/c1-26(2,3)35-25(34)32(15-16-4-6-18(7-5-16)21-11-10-19(28)13-29-21)23-12-22(27)31-24-20(17-8-9-17)14-30-33(23)24/h4-7,10-14,17H,8-9,15H2,1-3H3. The fourth-order valence-corrected chi connectivity index (χ4v) is 4.05. The second kappa shape index (κ2) is 8.92. The lowest BCUT2D eigenvalue weighted by Crippen LogP contribution is -2.37. The normalized spacial score (nSPS) is 13.7. The molecular weight excluding hydrogens is 469 g/mol. The summed E-state index contributed by atoms with van der Waals surface area (Å²) >= 11 is 6.40. The average Bonchev–Trinajstić information content (AvgIpc) is 3.56. The Morgan fingerprint density at radius 2 is 1.91 bits per heavy atom. The third-order valence-electron chi connectivity index (χ3n) is 5.67. The molecule has 0 radical (unpaired) electrons. The average molecular weight is 494 g/mol. The number of fused-ring (bicyclic) bond motifs is 1. The number of halogens is 2. The molecule has 0 N–H and O–H groups in total. The van der Waals surface area contributed by atoms with E-state index in [0.29, 0.717) is 23.1 Å². The van der Waals surface area contributed by atoms with Gasteiger partial charge in [0.25, 0.3) is 0 Å². The SMILES string of the molecule is CC(C)(C)OC(=O)N(Cc1ccc(-c2ccc(F)cn2)cc1)c1cc(Cl)nc2c(C3CC3)cnn12. The molecule has 1 amide bonds. The van der Waals surface area contributed by atoms with Gasteiger partial charge in [0.15, 0.2) is 5.65 Å². The van der Waals surface area contributed by atoms with Gasteiger partial charge in [0.1, 0.15) is 22.4 Å². The maximum atomic E-state index is 13.3. The fraction of sp³-hybridized carbons (Fsp3) is 0.308. The van der Waals surface area contributed by atoms with Crippen LogP contribution in [0.25, 0.3) is 16.9 Å². The highest BCUT2D eigenvalue weighted by Crippen LogP contribution is 2.42. The molecule has 1 aliphatic rings. The van der Waals surface area contributed by atoms with E-state index >= 15 is 0 Å². The van der Waals surface area contributed by atoms with Crippen molar-refractivity contribution in [3.05, 3.63) is 77.0 Å². The molecular formula is C26H25ClFN5O2. The Morgan fingerprint density at radius 3 is 2.54 bits per heavy atom. The highest BCUT2D eigenvalue weighted by molar-refractivity contribution is 6.29. The van der Waals surface area contributed by atoms with Crippen molar-refractivity contribution >= 4 is 29.2 Å². The molecule has 9 heteroatoms. The minimum Gasteiger partial charge on any atom is -0.443 e. The zero-order valence-electron chi connectivity index (χ0n) is 19.7. The van der Waals surface area contributed by atoms with Crippen LogP contribution in [0.5, 0.6) is 0 Å². The van der Waals surface area contributed by atoms with E-state index < -0.39 is 11.7 Å². The quantitative estimate of drug-likeness (QED) is 0.301. The first-order valence-electron chi connectivity index (χ1n) is 11.4. The van der Waals surface area contributed by atoms with Gasteiger partial charge in [-0.15, -0.1) is 0 Å². The van der Waals surface area contributed by atoms with E-state index in [2.05, 4.69) is 15.1 Å². The number of carbonyl (C=O) groups excluding carboxylic acids is 1. The van der Waals surface area contributed by atoms with Gasteiger partial charge in [0.2, 0.25) is 0 Å². The lowest BCUT2D eigenvalue weighted by atomic mass is 10.1. The van der Waals surface area contributed by atoms with Gasteiger partial charge in [-0.25, -0.2) is 14.2 Å². The van der Waals surface area contributed by atoms with Crippen LogP contribution in [0.2, 0.25) is 5.15 Å². The number of carbonyl (C=O) groups is 1. The predicted molar refractivity (Wildman–Crippen MR) is 132 cm³/mol. The van der Waals surface area contributed by atoms with Crippen LogP contribution in [-0.4, -0.2) is 31.3 Å². The van der Waals surface area contributed by atoms with Crippen LogP contribution in [0.1, 0.15) is 50.7 Å². The summed E-state index contributed by atoms with van der Waals surface area (Å²) in [6.07, 6.45) is 4.66. The van der Waals surface area contributed by atoms with E-state index in [1.54, 1.807) is 22.8 Å². The summed E-state index contributed by atoms with van der Waals surface area (Å²) in [6.45, 7) is 5.69. The van der Waals surface area contributed by atoms with E-state index in [0.717, 1.165) is 29.5 Å². The maximum absolute atomic E-state index is 13.3. The van der Waals surface area contributed by atoms with E-state index in [9.17, 15) is 9.18 Å². The summed E-state index contributed by atoms with van der Waals surface area (Å²) in [4.78, 5) is 23.5. The number of benzene rings is 1. The molecule has 1 aliphatic carbocycles. The molecule has 1 saturated carbocycles. The number of hydrogen-bond acceptors (Lipinski definition) is 5. The number of anilines is 1. The molecule has 0 atom stereocenters. The Hall–Kier alpha value is -3.52. The number of amides is 1. The van der Waals surface area contributed by atoms with Crippen molar-refractivity contribution in [2.75, 3.05) is 4.90 Å². The van der Waals surface area contributed by atoms with Crippen LogP contribution < -0.4 is 4.90 Å². The minimum atomic E-state index is -0.688. The zero-order chi connectivity index (χ0) is 24.7. The summed E-state index contributed by atoms with van der Waals surface area (Å²) in [5, 5.41) is 4.81. The minimum absolute atomic E-state index is 0.222. The second-order valence-corrected chi connectivity index (χ2v) is 10.1. The van der Waals surface area contributed by atoms with E-state index in [1.165, 1.54) is 17.2 Å². The molecule has 0 spiro atoms. The van der Waals surface area contributed by atoms with Crippen molar-refractivity contribution in [3.63, 3.8) is 0 Å². The smallest absolute Gasteiger partial charge is 0.416 e. The van der Waals surface area contributed by atoms with Crippen molar-refractivity contribution in [2.45, 2.75) is 51.7 Å². The van der Waals surface area contributed by atoms with Crippen molar-refractivity contribution < 1.29 is 13.9 Å². The molecule has 3 aromatic heterocycles. The molecule has 0 saturated heterocycles. The first-order chi connectivity index (χ1) is 16.7. The van der Waals surface area contributed by atoms with Gasteiger partial charge in [-0.05, 0) is 57.2 Å². The van der Waals surface area contributed by atoms with Crippen LogP contribution in [0, 0.1) is 5.82 Å². The molecule has 0 unspecified atom stereocenters. The molecule has 0 bridgehead atoms. The van der Waals surface area contributed by atoms with Crippen LogP contribution in [0.15, 0.2) is 54.9 Å². The van der Waals surface area contributed by atoms with Gasteiger partial charge in [-0.3, -0.25) is 9.88 Å². The van der Waals surface area contributed by atoms with Gasteiger partial charge in [-0.1, -0.05) is 35.9 Å². The number of hydrogen-bond donors (Lipinski definition) is 0. The van der Waals surface area contributed by atoms with Gasteiger partial charge in [-0.2, -0.15) is 9.61 Å². The van der Waals surface area contributed by atoms with E-state index in [4.69, 9.17) is 16.3 Å². The van der Waals surface area contributed by atoms with Gasteiger partial charge < -0.3 is 4.74 Å². The van der Waals surface area contributed by atoms with Crippen molar-refractivity contribution in [3.8, 4) is 11.3 Å². The molecule has 0 aliphatic heterocycles. The van der Waals surface area contributed by atoms with Gasteiger partial charge in [0.05, 0.1) is 24.6 Å². The lowest BCUT2D eigenvalue weighted by molar-refractivity contribution is 0.0575. The molecule has 1 fully saturated rings. The third-order valence-corrected chi connectivity index (χ3v) is 5.87. The fourth-order valence-electron chi connectivity index (χ4n) is 3.88. The molecule has 5 rings (SSSR count). The summed E-state index contributed by atoms with van der Waals surface area (Å²) in [5.74, 6) is 0.517. The summed E-state index contributed by atoms with van der Waals surface area (Å²) < 4.78 is 20.6. The van der Waals surface area contributed by atoms with Gasteiger partial charge in [0, 0.05) is 17.2 Å². The summed E-state index contributed by atoms with van der Waals surface area (Å²) in [5.41, 5.74) is 3.36. The largest absolute Gasteiger partial charge is 0.443 e. The maximum Gasteiger partial charge on any atom is 0.416 e. The number of rotatable bonds is 5. The predicted octanol–water partition coefficient (Wildman–Crippen LogP) is 6.40. The number of pyridine rings is 1. The Kier molecular flexibility index (Phi) is 5.92. The van der Waals surface area contributed by atoms with Crippen molar-refractivity contribution in [2.24, 2.45) is 0 Å². The third kappa shape index (κ3) is 5.12. The van der Waals surface area contributed by atoms with E-state index in [1.807, 2.05) is 45.0 Å². The topological polar surface area (TPSA) is 72.6 Å². The van der Waals surface area contributed by atoms with Crippen molar-refractivity contribution in [1.82, 2.24) is 19.6 Å². The lowest BCUT2D eigenvalue weighted by Gasteiger charge is -2.27. The Labute approximate surface area is 207 Å². The first kappa shape index (κ1) is 23.2. The number of ether oxygens (including phenoxy) is 1. The molecule has 4 aromatic rings. The van der Waals surface area contributed by atoms with Crippen LogP contribution >= 0.6 is 11.6 Å². The van der Waals surface area contributed by atoms with Crippen LogP contribution in [0.4, 0.5) is 15.0 Å². The summed E-state index contributed by atoms with van der Waals surface area (Å²) in [7, 11) is 0. The Bertz CT molecular complexity index is 1380. The zero-order valence-corrected chi connectivity index (χ0v) is 20.5. The van der Waals surface area contributed by atoms with E-state index in [-0.39, 0.29) is 17.5 Å². The summed E-state index contributed by atoms with van der Waals surface area (Å²) in [6, 6.07) is 12.2. The number of nitrogens with zero attached hydrogens (tertiary/aromatic N) is 5. The Morgan fingerprint density at radius 1 is 1.17 bits per heavy atom.